The van der Waals surface area contributed by atoms with Crippen molar-refractivity contribution in [1.82, 2.24) is 20.2 Å². The summed E-state index contributed by atoms with van der Waals surface area (Å²) >= 11 is 0. The summed E-state index contributed by atoms with van der Waals surface area (Å²) in [6.45, 7) is 10.8. The predicted molar refractivity (Wildman–Crippen MR) is 111 cm³/mol. The molecule has 0 aliphatic heterocycles. The van der Waals surface area contributed by atoms with Gasteiger partial charge in [-0.1, -0.05) is 30.3 Å². The molecule has 0 fully saturated rings. The minimum Gasteiger partial charge on any atom is -0.357 e. The van der Waals surface area contributed by atoms with E-state index in [2.05, 4.69) is 62.9 Å². The molecule has 1 aromatic carbocycles. The monoisotopic (exact) mass is 439 g/mol. The first-order valence-electron chi connectivity index (χ1n) is 7.91. The Morgan fingerprint density at radius 3 is 2.79 bits per heavy atom. The first-order chi connectivity index (χ1) is 11.2. The number of imidazole rings is 1. The summed E-state index contributed by atoms with van der Waals surface area (Å²) in [7, 11) is 0. The molecule has 5 nitrogen and oxygen atoms in total. The number of aryl methyl sites for hydroxylation is 1. The van der Waals surface area contributed by atoms with Gasteiger partial charge in [-0.25, -0.2) is 9.98 Å². The molecule has 2 aromatic rings. The number of nitrogens with zero attached hydrogens (tertiary/aromatic N) is 3. The van der Waals surface area contributed by atoms with Crippen LogP contribution in [-0.2, 0) is 13.1 Å². The number of nitrogens with one attached hydrogen (secondary N) is 2. The zero-order valence-electron chi connectivity index (χ0n) is 14.3. The molecule has 0 aliphatic carbocycles. The Morgan fingerprint density at radius 1 is 1.33 bits per heavy atom. The second-order valence-electron chi connectivity index (χ2n) is 5.29. The molecule has 0 bridgehead atoms. The Balaban J connectivity index is 0.00000288. The molecule has 0 atom stereocenters. The van der Waals surface area contributed by atoms with E-state index in [9.17, 15) is 0 Å². The third kappa shape index (κ3) is 6.35. The summed E-state index contributed by atoms with van der Waals surface area (Å²) in [4.78, 5) is 8.86. The van der Waals surface area contributed by atoms with Crippen molar-refractivity contribution in [1.29, 1.82) is 0 Å². The third-order valence-corrected chi connectivity index (χ3v) is 3.45. The lowest BCUT2D eigenvalue weighted by Gasteiger charge is -2.10. The summed E-state index contributed by atoms with van der Waals surface area (Å²) in [5.41, 5.74) is 2.44. The molecule has 130 valence electrons. The normalized spacial score (nSPS) is 10.8. The van der Waals surface area contributed by atoms with Gasteiger partial charge in [0.15, 0.2) is 5.96 Å². The molecule has 0 saturated carbocycles. The van der Waals surface area contributed by atoms with Crippen LogP contribution in [0.2, 0.25) is 0 Å². The zero-order valence-corrected chi connectivity index (χ0v) is 16.7. The van der Waals surface area contributed by atoms with Crippen LogP contribution in [0.15, 0.2) is 54.3 Å². The fourth-order valence-corrected chi connectivity index (χ4v) is 2.27. The lowest BCUT2D eigenvalue weighted by atomic mass is 10.1. The van der Waals surface area contributed by atoms with Gasteiger partial charge < -0.3 is 15.2 Å². The SMILES string of the molecule is C=CCNC(=NCc1cccc(Cn2ccnc2C)c1)NCC.I. The smallest absolute Gasteiger partial charge is 0.191 e. The van der Waals surface area contributed by atoms with Crippen molar-refractivity contribution >= 4 is 29.9 Å². The maximum Gasteiger partial charge on any atom is 0.191 e. The van der Waals surface area contributed by atoms with Crippen molar-refractivity contribution in [2.24, 2.45) is 4.99 Å². The van der Waals surface area contributed by atoms with Gasteiger partial charge in [-0.15, -0.1) is 30.6 Å². The van der Waals surface area contributed by atoms with E-state index in [1.54, 1.807) is 0 Å². The van der Waals surface area contributed by atoms with E-state index >= 15 is 0 Å². The van der Waals surface area contributed by atoms with Crippen LogP contribution in [0, 0.1) is 6.92 Å². The molecule has 6 heteroatoms. The van der Waals surface area contributed by atoms with Gasteiger partial charge in [-0.3, -0.25) is 0 Å². The summed E-state index contributed by atoms with van der Waals surface area (Å²) in [6.07, 6.45) is 5.65. The second-order valence-corrected chi connectivity index (χ2v) is 5.29. The highest BCUT2D eigenvalue weighted by molar-refractivity contribution is 14.0. The standard InChI is InChI=1S/C18H25N5.HI/c1-4-9-21-18(19-5-2)22-13-16-7-6-8-17(12-16)14-23-11-10-20-15(23)3;/h4,6-8,10-12H,1,5,9,13-14H2,2-3H3,(H2,19,21,22);1H. The lowest BCUT2D eigenvalue weighted by molar-refractivity contribution is 0.760. The van der Waals surface area contributed by atoms with E-state index in [1.165, 1.54) is 11.1 Å². The van der Waals surface area contributed by atoms with E-state index < -0.39 is 0 Å². The quantitative estimate of drug-likeness (QED) is 0.302. The van der Waals surface area contributed by atoms with Gasteiger partial charge in [0, 0.05) is 32.0 Å². The molecule has 0 radical (unpaired) electrons. The highest BCUT2D eigenvalue weighted by Gasteiger charge is 2.01. The highest BCUT2D eigenvalue weighted by atomic mass is 127. The van der Waals surface area contributed by atoms with E-state index in [1.807, 2.05) is 25.4 Å². The number of halogens is 1. The Bertz CT molecular complexity index is 663. The highest BCUT2D eigenvalue weighted by Crippen LogP contribution is 2.09. The molecule has 0 saturated heterocycles. The van der Waals surface area contributed by atoms with Crippen LogP contribution in [0.25, 0.3) is 0 Å². The largest absolute Gasteiger partial charge is 0.357 e. The summed E-state index contributed by atoms with van der Waals surface area (Å²) in [5.74, 6) is 1.83. The predicted octanol–water partition coefficient (Wildman–Crippen LogP) is 3.10. The Morgan fingerprint density at radius 2 is 2.12 bits per heavy atom. The van der Waals surface area contributed by atoms with Gasteiger partial charge in [0.05, 0.1) is 6.54 Å². The van der Waals surface area contributed by atoms with Crippen LogP contribution < -0.4 is 10.6 Å². The van der Waals surface area contributed by atoms with Gasteiger partial charge >= 0.3 is 0 Å². The molecule has 1 aromatic heterocycles. The molecule has 0 aliphatic rings. The van der Waals surface area contributed by atoms with Gasteiger partial charge in [-0.2, -0.15) is 0 Å². The average Bonchev–Trinajstić information content (AvgIpc) is 2.95. The van der Waals surface area contributed by atoms with E-state index in [0.29, 0.717) is 13.1 Å². The fraction of sp³-hybridized carbons (Fsp3) is 0.333. The van der Waals surface area contributed by atoms with E-state index in [4.69, 9.17) is 0 Å². The molecule has 0 unspecified atom stereocenters. The third-order valence-electron chi connectivity index (χ3n) is 3.45. The summed E-state index contributed by atoms with van der Waals surface area (Å²) in [5, 5.41) is 6.43. The number of guanidine groups is 1. The summed E-state index contributed by atoms with van der Waals surface area (Å²) < 4.78 is 2.14. The van der Waals surface area contributed by atoms with Crippen molar-refractivity contribution in [3.8, 4) is 0 Å². The Kier molecular flexibility index (Phi) is 9.14. The molecule has 1 heterocycles. The maximum absolute atomic E-state index is 4.60. The molecule has 0 amide bonds. The summed E-state index contributed by atoms with van der Waals surface area (Å²) in [6, 6.07) is 8.51. The minimum absolute atomic E-state index is 0. The number of hydrogen-bond acceptors (Lipinski definition) is 2. The topological polar surface area (TPSA) is 54.2 Å². The first kappa shape index (κ1) is 20.2. The van der Waals surface area contributed by atoms with Crippen molar-refractivity contribution < 1.29 is 0 Å². The van der Waals surface area contributed by atoms with Crippen LogP contribution in [0.3, 0.4) is 0 Å². The fourth-order valence-electron chi connectivity index (χ4n) is 2.27. The molecular weight excluding hydrogens is 413 g/mol. The van der Waals surface area contributed by atoms with Gasteiger partial charge in [0.2, 0.25) is 0 Å². The zero-order chi connectivity index (χ0) is 16.5. The number of hydrogen-bond donors (Lipinski definition) is 2. The van der Waals surface area contributed by atoms with Gasteiger partial charge in [0.1, 0.15) is 5.82 Å². The van der Waals surface area contributed by atoms with Crippen LogP contribution in [0.5, 0.6) is 0 Å². The number of benzene rings is 1. The van der Waals surface area contributed by atoms with Gasteiger partial charge in [-0.05, 0) is 25.0 Å². The van der Waals surface area contributed by atoms with Crippen molar-refractivity contribution in [2.45, 2.75) is 26.9 Å². The molecular formula is C18H26IN5. The molecule has 0 spiro atoms. The molecule has 2 N–H and O–H groups in total. The molecule has 24 heavy (non-hydrogen) atoms. The maximum atomic E-state index is 4.60. The second kappa shape index (κ2) is 10.9. The minimum atomic E-state index is 0. The van der Waals surface area contributed by atoms with E-state index in [-0.39, 0.29) is 24.0 Å². The Hall–Kier alpha value is -1.83. The first-order valence-corrected chi connectivity index (χ1v) is 7.91. The lowest BCUT2D eigenvalue weighted by Crippen LogP contribution is -2.37. The molecule has 2 rings (SSSR count). The van der Waals surface area contributed by atoms with Crippen molar-refractivity contribution in [2.75, 3.05) is 13.1 Å². The van der Waals surface area contributed by atoms with Crippen LogP contribution >= 0.6 is 24.0 Å². The van der Waals surface area contributed by atoms with Gasteiger partial charge in [0.25, 0.3) is 0 Å². The van der Waals surface area contributed by atoms with Crippen LogP contribution in [-0.4, -0.2) is 28.6 Å². The van der Waals surface area contributed by atoms with Crippen molar-refractivity contribution in [3.63, 3.8) is 0 Å². The average molecular weight is 439 g/mol. The van der Waals surface area contributed by atoms with Crippen LogP contribution in [0.1, 0.15) is 23.9 Å². The number of rotatable bonds is 7. The van der Waals surface area contributed by atoms with E-state index in [0.717, 1.165) is 24.9 Å². The number of aliphatic imine (C=N–C) groups is 1. The number of aromatic nitrogens is 2. The Labute approximate surface area is 161 Å². The van der Waals surface area contributed by atoms with Crippen molar-refractivity contribution in [3.05, 3.63) is 66.3 Å². The van der Waals surface area contributed by atoms with Crippen LogP contribution in [0.4, 0.5) is 0 Å².